The minimum atomic E-state index is -1.11. The Kier molecular flexibility index (Phi) is 2.17. The lowest BCUT2D eigenvalue weighted by molar-refractivity contribution is 0.0689. The van der Waals surface area contributed by atoms with Crippen LogP contribution in [-0.2, 0) is 0 Å². The monoisotopic (exact) mass is 205 g/mol. The van der Waals surface area contributed by atoms with E-state index in [9.17, 15) is 4.79 Å². The molecule has 0 aliphatic carbocycles. The fourth-order valence-corrected chi connectivity index (χ4v) is 1.12. The van der Waals surface area contributed by atoms with Crippen molar-refractivity contribution in [2.75, 3.05) is 0 Å². The number of carboxylic acid groups (broad SMARTS) is 1. The number of aryl methyl sites for hydroxylation is 1. The quantitative estimate of drug-likeness (QED) is 0.790. The Labute approximate surface area is 84.6 Å². The van der Waals surface area contributed by atoms with Crippen molar-refractivity contribution in [3.05, 3.63) is 30.0 Å². The van der Waals surface area contributed by atoms with Crippen LogP contribution in [0.5, 0.6) is 0 Å². The zero-order valence-corrected chi connectivity index (χ0v) is 7.84. The topological polar surface area (TPSA) is 89.1 Å². The fourth-order valence-electron chi connectivity index (χ4n) is 1.12. The molecule has 1 N–H and O–H groups in total. The highest BCUT2D eigenvalue weighted by atomic mass is 16.4. The van der Waals surface area contributed by atoms with Gasteiger partial charge in [0, 0.05) is 6.20 Å². The third-order valence-electron chi connectivity index (χ3n) is 1.80. The van der Waals surface area contributed by atoms with Crippen LogP contribution in [-0.4, -0.2) is 26.0 Å². The molecule has 76 valence electrons. The molecule has 6 nitrogen and oxygen atoms in total. The summed E-state index contributed by atoms with van der Waals surface area (Å²) in [5.41, 5.74) is 0.365. The van der Waals surface area contributed by atoms with Crippen LogP contribution in [0.2, 0.25) is 0 Å². The lowest BCUT2D eigenvalue weighted by Crippen LogP contribution is -1.98. The van der Waals surface area contributed by atoms with Crippen LogP contribution in [0.15, 0.2) is 23.0 Å². The first-order chi connectivity index (χ1) is 7.18. The van der Waals surface area contributed by atoms with Gasteiger partial charge in [0.2, 0.25) is 5.89 Å². The summed E-state index contributed by atoms with van der Waals surface area (Å²) in [6.07, 6.45) is 2.87. The normalized spacial score (nSPS) is 10.2. The maximum absolute atomic E-state index is 10.7. The van der Waals surface area contributed by atoms with Gasteiger partial charge in [0.15, 0.2) is 5.69 Å². The molecule has 0 spiro atoms. The second kappa shape index (κ2) is 3.49. The van der Waals surface area contributed by atoms with E-state index in [-0.39, 0.29) is 17.3 Å². The summed E-state index contributed by atoms with van der Waals surface area (Å²) in [5, 5.41) is 8.77. The minimum absolute atomic E-state index is 0.0939. The van der Waals surface area contributed by atoms with Gasteiger partial charge < -0.3 is 9.52 Å². The van der Waals surface area contributed by atoms with E-state index in [0.717, 1.165) is 0 Å². The van der Waals surface area contributed by atoms with Crippen molar-refractivity contribution in [3.63, 3.8) is 0 Å². The zero-order chi connectivity index (χ0) is 10.8. The largest absolute Gasteiger partial charge is 0.476 e. The van der Waals surface area contributed by atoms with Crippen molar-refractivity contribution in [2.45, 2.75) is 6.92 Å². The highest BCUT2D eigenvalue weighted by Gasteiger charge is 2.17. The number of oxazole rings is 1. The van der Waals surface area contributed by atoms with Gasteiger partial charge in [0.1, 0.15) is 17.8 Å². The van der Waals surface area contributed by atoms with Crippen molar-refractivity contribution in [3.8, 4) is 11.6 Å². The third kappa shape index (κ3) is 1.69. The predicted octanol–water partition coefficient (Wildman–Crippen LogP) is 1.14. The van der Waals surface area contributed by atoms with Gasteiger partial charge in [-0.3, -0.25) is 0 Å². The molecule has 2 heterocycles. The maximum atomic E-state index is 10.7. The number of carbonyl (C=O) groups is 1. The predicted molar refractivity (Wildman–Crippen MR) is 49.2 cm³/mol. The molecule has 0 aromatic carbocycles. The van der Waals surface area contributed by atoms with Crippen LogP contribution < -0.4 is 0 Å². The van der Waals surface area contributed by atoms with Crippen molar-refractivity contribution in [2.24, 2.45) is 0 Å². The Balaban J connectivity index is 2.48. The molecule has 0 bridgehead atoms. The molecule has 0 atom stereocenters. The van der Waals surface area contributed by atoms with Gasteiger partial charge in [0.05, 0.1) is 0 Å². The first-order valence-electron chi connectivity index (χ1n) is 4.15. The summed E-state index contributed by atoms with van der Waals surface area (Å²) in [5.74, 6) is -0.667. The number of aromatic nitrogens is 3. The van der Waals surface area contributed by atoms with Crippen molar-refractivity contribution in [1.82, 2.24) is 15.0 Å². The summed E-state index contributed by atoms with van der Waals surface area (Å²) in [7, 11) is 0. The summed E-state index contributed by atoms with van der Waals surface area (Å²) >= 11 is 0. The van der Waals surface area contributed by atoms with Gasteiger partial charge in [-0.2, -0.15) is 0 Å². The summed E-state index contributed by atoms with van der Waals surface area (Å²) in [4.78, 5) is 22.2. The Morgan fingerprint density at radius 1 is 1.53 bits per heavy atom. The summed E-state index contributed by atoms with van der Waals surface area (Å²) in [6.45, 7) is 1.54. The molecule has 0 amide bonds. The summed E-state index contributed by atoms with van der Waals surface area (Å²) < 4.78 is 5.18. The standard InChI is InChI=1S/C9H7N3O3/c1-5-7(9(13)14)12-8(15-5)6-2-3-10-4-11-6/h2-4H,1H3,(H,13,14). The van der Waals surface area contributed by atoms with Crippen LogP contribution in [0.4, 0.5) is 0 Å². The van der Waals surface area contributed by atoms with Crippen LogP contribution >= 0.6 is 0 Å². The van der Waals surface area contributed by atoms with E-state index in [4.69, 9.17) is 9.52 Å². The molecule has 0 saturated carbocycles. The number of rotatable bonds is 2. The number of hydrogen-bond donors (Lipinski definition) is 1. The highest BCUT2D eigenvalue weighted by Crippen LogP contribution is 2.18. The molecule has 0 radical (unpaired) electrons. The SMILES string of the molecule is Cc1oc(-c2ccncn2)nc1C(=O)O. The Morgan fingerprint density at radius 3 is 2.87 bits per heavy atom. The second-order valence-electron chi connectivity index (χ2n) is 2.82. The molecule has 0 fully saturated rings. The first-order valence-corrected chi connectivity index (χ1v) is 4.15. The average Bonchev–Trinajstić information content (AvgIpc) is 2.62. The molecule has 2 rings (SSSR count). The Morgan fingerprint density at radius 2 is 2.33 bits per heavy atom. The van der Waals surface area contributed by atoms with Gasteiger partial charge >= 0.3 is 5.97 Å². The molecule has 2 aromatic heterocycles. The van der Waals surface area contributed by atoms with E-state index in [1.54, 1.807) is 13.0 Å². The Hall–Kier alpha value is -2.24. The Bertz CT molecular complexity index is 493. The third-order valence-corrected chi connectivity index (χ3v) is 1.80. The van der Waals surface area contributed by atoms with Gasteiger partial charge in [-0.05, 0) is 13.0 Å². The van der Waals surface area contributed by atoms with Crippen LogP contribution in [0, 0.1) is 6.92 Å². The smallest absolute Gasteiger partial charge is 0.358 e. The van der Waals surface area contributed by atoms with Crippen molar-refractivity contribution >= 4 is 5.97 Å². The van der Waals surface area contributed by atoms with Crippen LogP contribution in [0.1, 0.15) is 16.2 Å². The molecule has 0 saturated heterocycles. The number of carboxylic acids is 1. The molecule has 0 aliphatic rings. The van der Waals surface area contributed by atoms with E-state index >= 15 is 0 Å². The van der Waals surface area contributed by atoms with Gasteiger partial charge in [-0.1, -0.05) is 0 Å². The zero-order valence-electron chi connectivity index (χ0n) is 7.84. The molecule has 6 heteroatoms. The van der Waals surface area contributed by atoms with E-state index in [1.165, 1.54) is 12.5 Å². The average molecular weight is 205 g/mol. The van der Waals surface area contributed by atoms with Gasteiger partial charge in [-0.25, -0.2) is 19.7 Å². The van der Waals surface area contributed by atoms with Gasteiger partial charge in [0.25, 0.3) is 0 Å². The molecular weight excluding hydrogens is 198 g/mol. The molecule has 2 aromatic rings. The van der Waals surface area contributed by atoms with Crippen LogP contribution in [0.25, 0.3) is 11.6 Å². The lowest BCUT2D eigenvalue weighted by Gasteiger charge is -1.90. The number of aromatic carboxylic acids is 1. The van der Waals surface area contributed by atoms with Crippen molar-refractivity contribution in [1.29, 1.82) is 0 Å². The highest BCUT2D eigenvalue weighted by molar-refractivity contribution is 5.86. The first kappa shape index (κ1) is 9.32. The lowest BCUT2D eigenvalue weighted by atomic mass is 10.4. The maximum Gasteiger partial charge on any atom is 0.358 e. The van der Waals surface area contributed by atoms with Gasteiger partial charge in [-0.15, -0.1) is 0 Å². The van der Waals surface area contributed by atoms with E-state index in [2.05, 4.69) is 15.0 Å². The van der Waals surface area contributed by atoms with Crippen LogP contribution in [0.3, 0.4) is 0 Å². The van der Waals surface area contributed by atoms with E-state index in [1.807, 2.05) is 0 Å². The number of nitrogens with zero attached hydrogens (tertiary/aromatic N) is 3. The molecule has 0 aliphatic heterocycles. The van der Waals surface area contributed by atoms with Crippen molar-refractivity contribution < 1.29 is 14.3 Å². The molecule has 0 unspecified atom stereocenters. The molecule has 15 heavy (non-hydrogen) atoms. The minimum Gasteiger partial charge on any atom is -0.476 e. The number of hydrogen-bond acceptors (Lipinski definition) is 5. The second-order valence-corrected chi connectivity index (χ2v) is 2.82. The van der Waals surface area contributed by atoms with E-state index in [0.29, 0.717) is 5.69 Å². The summed E-state index contributed by atoms with van der Waals surface area (Å²) in [6, 6.07) is 1.59. The fraction of sp³-hybridized carbons (Fsp3) is 0.111. The molecular formula is C9H7N3O3. The van der Waals surface area contributed by atoms with E-state index < -0.39 is 5.97 Å².